The molecule has 0 saturated carbocycles. The highest BCUT2D eigenvalue weighted by molar-refractivity contribution is 14.1. The molecule has 1 aromatic rings. The summed E-state index contributed by atoms with van der Waals surface area (Å²) < 4.78 is 0.993. The maximum atomic E-state index is 10.3. The Labute approximate surface area is 117 Å². The minimum atomic E-state index is 0.493. The van der Waals surface area contributed by atoms with Gasteiger partial charge in [-0.25, -0.2) is 0 Å². The van der Waals surface area contributed by atoms with Crippen LogP contribution in [0.2, 0.25) is 0 Å². The van der Waals surface area contributed by atoms with E-state index in [1.165, 1.54) is 24.0 Å². The van der Waals surface area contributed by atoms with Gasteiger partial charge in [0.2, 0.25) is 0 Å². The Morgan fingerprint density at radius 2 is 2.18 bits per heavy atom. The molecule has 0 heterocycles. The van der Waals surface area contributed by atoms with Crippen LogP contribution in [-0.4, -0.2) is 24.1 Å². The van der Waals surface area contributed by atoms with Gasteiger partial charge in [0.1, 0.15) is 5.75 Å². The average molecular weight is 345 g/mol. The summed E-state index contributed by atoms with van der Waals surface area (Å²) in [6.45, 7) is 3.13. The molecule has 0 bridgehead atoms. The molecule has 3 heteroatoms. The maximum Gasteiger partial charge on any atom is 0.133 e. The molecule has 2 rings (SSSR count). The second-order valence-corrected chi connectivity index (χ2v) is 6.45. The fraction of sp³-hybridized carbons (Fsp3) is 0.571. The molecule has 1 N–H and O–H groups in total. The van der Waals surface area contributed by atoms with Crippen molar-refractivity contribution >= 4 is 22.6 Å². The molecule has 0 amide bonds. The Kier molecular flexibility index (Phi) is 3.98. The predicted molar refractivity (Wildman–Crippen MR) is 79.6 cm³/mol. The number of rotatable bonds is 2. The normalized spacial score (nSPS) is 19.5. The molecule has 1 aliphatic carbocycles. The van der Waals surface area contributed by atoms with Gasteiger partial charge in [-0.05, 0) is 79.1 Å². The fourth-order valence-corrected chi connectivity index (χ4v) is 3.38. The van der Waals surface area contributed by atoms with Gasteiger partial charge < -0.3 is 10.0 Å². The smallest absolute Gasteiger partial charge is 0.133 e. The number of phenols is 1. The van der Waals surface area contributed by atoms with E-state index >= 15 is 0 Å². The Balaban J connectivity index is 2.55. The van der Waals surface area contributed by atoms with E-state index in [1.54, 1.807) is 0 Å². The Morgan fingerprint density at radius 1 is 1.47 bits per heavy atom. The summed E-state index contributed by atoms with van der Waals surface area (Å²) >= 11 is 2.24. The second kappa shape index (κ2) is 5.14. The van der Waals surface area contributed by atoms with Crippen molar-refractivity contribution in [3.63, 3.8) is 0 Å². The highest BCUT2D eigenvalue weighted by atomic mass is 127. The van der Waals surface area contributed by atoms with Gasteiger partial charge in [0.25, 0.3) is 0 Å². The highest BCUT2D eigenvalue weighted by Crippen LogP contribution is 2.39. The zero-order valence-corrected chi connectivity index (χ0v) is 12.9. The second-order valence-electron chi connectivity index (χ2n) is 5.28. The van der Waals surface area contributed by atoms with Crippen molar-refractivity contribution < 1.29 is 5.11 Å². The SMILES string of the molecule is CC1CCCc2c1cc(I)c(O)c2CN(C)C. The summed E-state index contributed by atoms with van der Waals surface area (Å²) in [6.07, 6.45) is 3.64. The van der Waals surface area contributed by atoms with Gasteiger partial charge in [-0.3, -0.25) is 0 Å². The minimum Gasteiger partial charge on any atom is -0.506 e. The molecule has 1 atom stereocenters. The van der Waals surface area contributed by atoms with Crippen LogP contribution in [0.15, 0.2) is 6.07 Å². The van der Waals surface area contributed by atoms with Crippen LogP contribution < -0.4 is 0 Å². The lowest BCUT2D eigenvalue weighted by Gasteiger charge is -2.27. The predicted octanol–water partition coefficient (Wildman–Crippen LogP) is 3.50. The lowest BCUT2D eigenvalue weighted by Crippen LogP contribution is -2.17. The maximum absolute atomic E-state index is 10.3. The van der Waals surface area contributed by atoms with E-state index in [-0.39, 0.29) is 0 Å². The zero-order valence-electron chi connectivity index (χ0n) is 10.8. The van der Waals surface area contributed by atoms with Crippen LogP contribution in [0.25, 0.3) is 0 Å². The molecule has 0 radical (unpaired) electrons. The van der Waals surface area contributed by atoms with Crippen molar-refractivity contribution in [2.24, 2.45) is 0 Å². The Morgan fingerprint density at radius 3 is 2.82 bits per heavy atom. The van der Waals surface area contributed by atoms with Crippen LogP contribution >= 0.6 is 22.6 Å². The van der Waals surface area contributed by atoms with E-state index in [1.807, 2.05) is 0 Å². The molecule has 1 unspecified atom stereocenters. The summed E-state index contributed by atoms with van der Waals surface area (Å²) in [5.74, 6) is 1.13. The third kappa shape index (κ3) is 2.60. The first-order valence-electron chi connectivity index (χ1n) is 6.18. The molecule has 0 spiro atoms. The number of nitrogens with zero attached hydrogens (tertiary/aromatic N) is 1. The van der Waals surface area contributed by atoms with Crippen LogP contribution in [0, 0.1) is 3.57 Å². The summed E-state index contributed by atoms with van der Waals surface area (Å²) in [5, 5.41) is 10.3. The largest absolute Gasteiger partial charge is 0.506 e. The lowest BCUT2D eigenvalue weighted by atomic mass is 9.81. The first-order chi connectivity index (χ1) is 8.00. The van der Waals surface area contributed by atoms with E-state index in [0.29, 0.717) is 11.7 Å². The molecule has 1 aliphatic rings. The van der Waals surface area contributed by atoms with E-state index < -0.39 is 0 Å². The van der Waals surface area contributed by atoms with Crippen molar-refractivity contribution in [3.05, 3.63) is 26.3 Å². The molecule has 2 nitrogen and oxygen atoms in total. The van der Waals surface area contributed by atoms with Gasteiger partial charge in [-0.15, -0.1) is 0 Å². The van der Waals surface area contributed by atoms with Crippen molar-refractivity contribution in [1.29, 1.82) is 0 Å². The van der Waals surface area contributed by atoms with Crippen molar-refractivity contribution in [3.8, 4) is 5.75 Å². The molecule has 0 fully saturated rings. The van der Waals surface area contributed by atoms with Gasteiger partial charge in [-0.2, -0.15) is 0 Å². The summed E-state index contributed by atoms with van der Waals surface area (Å²) in [4.78, 5) is 2.13. The molecule has 0 saturated heterocycles. The monoisotopic (exact) mass is 345 g/mol. The first kappa shape index (κ1) is 13.1. The molecule has 17 heavy (non-hydrogen) atoms. The van der Waals surface area contributed by atoms with Crippen LogP contribution in [-0.2, 0) is 13.0 Å². The van der Waals surface area contributed by atoms with Crippen molar-refractivity contribution in [2.45, 2.75) is 38.6 Å². The van der Waals surface area contributed by atoms with E-state index in [2.05, 4.69) is 54.6 Å². The van der Waals surface area contributed by atoms with Gasteiger partial charge in [0, 0.05) is 12.1 Å². The van der Waals surface area contributed by atoms with E-state index in [4.69, 9.17) is 0 Å². The third-order valence-electron chi connectivity index (χ3n) is 3.58. The molecule has 0 aliphatic heterocycles. The van der Waals surface area contributed by atoms with Crippen LogP contribution in [0.3, 0.4) is 0 Å². The number of hydrogen-bond donors (Lipinski definition) is 1. The molecule has 1 aromatic carbocycles. The van der Waals surface area contributed by atoms with Crippen molar-refractivity contribution in [2.75, 3.05) is 14.1 Å². The van der Waals surface area contributed by atoms with Crippen LogP contribution in [0.5, 0.6) is 5.75 Å². The number of halogens is 1. The molecular weight excluding hydrogens is 325 g/mol. The van der Waals surface area contributed by atoms with Gasteiger partial charge >= 0.3 is 0 Å². The number of aromatic hydroxyl groups is 1. The number of hydrogen-bond acceptors (Lipinski definition) is 2. The van der Waals surface area contributed by atoms with Gasteiger partial charge in [0.05, 0.1) is 3.57 Å². The van der Waals surface area contributed by atoms with Crippen molar-refractivity contribution in [1.82, 2.24) is 4.90 Å². The molecule has 0 aromatic heterocycles. The summed E-state index contributed by atoms with van der Waals surface area (Å²) in [5.41, 5.74) is 3.99. The van der Waals surface area contributed by atoms with E-state index in [9.17, 15) is 5.11 Å². The Hall–Kier alpha value is -0.290. The van der Waals surface area contributed by atoms with Crippen LogP contribution in [0.4, 0.5) is 0 Å². The first-order valence-corrected chi connectivity index (χ1v) is 7.26. The summed E-state index contributed by atoms with van der Waals surface area (Å²) in [7, 11) is 4.11. The lowest BCUT2D eigenvalue weighted by molar-refractivity contribution is 0.380. The molecule has 94 valence electrons. The number of phenolic OH excluding ortho intramolecular Hbond substituents is 1. The minimum absolute atomic E-state index is 0.493. The van der Waals surface area contributed by atoms with Gasteiger partial charge in [0.15, 0.2) is 0 Å². The zero-order chi connectivity index (χ0) is 12.6. The standard InChI is InChI=1S/C14H20INO/c1-9-5-4-6-10-11(9)7-13(15)14(17)12(10)8-16(2)3/h7,9,17H,4-6,8H2,1-3H3. The fourth-order valence-electron chi connectivity index (χ4n) is 2.72. The van der Waals surface area contributed by atoms with E-state index in [0.717, 1.165) is 22.1 Å². The topological polar surface area (TPSA) is 23.5 Å². The number of fused-ring (bicyclic) bond motifs is 1. The average Bonchev–Trinajstić information content (AvgIpc) is 2.26. The molecular formula is C14H20INO. The third-order valence-corrected chi connectivity index (χ3v) is 4.40. The Bertz CT molecular complexity index is 429. The summed E-state index contributed by atoms with van der Waals surface area (Å²) in [6, 6.07) is 2.17. The highest BCUT2D eigenvalue weighted by Gasteiger charge is 2.23. The quantitative estimate of drug-likeness (QED) is 0.830. The van der Waals surface area contributed by atoms with Gasteiger partial charge in [-0.1, -0.05) is 6.92 Å². The number of benzene rings is 1. The van der Waals surface area contributed by atoms with Crippen LogP contribution in [0.1, 0.15) is 42.4 Å².